The molecule has 2 N–H and O–H groups in total. The summed E-state index contributed by atoms with van der Waals surface area (Å²) in [7, 11) is 0. The number of carbonyl (C=O) groups is 1. The molecule has 6 heteroatoms. The van der Waals surface area contributed by atoms with Gasteiger partial charge in [0.05, 0.1) is 5.69 Å². The van der Waals surface area contributed by atoms with Gasteiger partial charge in [0.15, 0.2) is 0 Å². The highest BCUT2D eigenvalue weighted by atomic mass is 79.9. The van der Waals surface area contributed by atoms with Crippen molar-refractivity contribution in [2.45, 2.75) is 6.92 Å². The topological polar surface area (TPSA) is 54.0 Å². The Morgan fingerprint density at radius 1 is 1.35 bits per heavy atom. The van der Waals surface area contributed by atoms with E-state index in [0.29, 0.717) is 15.9 Å². The van der Waals surface area contributed by atoms with Gasteiger partial charge in [0, 0.05) is 22.9 Å². The summed E-state index contributed by atoms with van der Waals surface area (Å²) in [6.07, 6.45) is 1.56. The molecule has 20 heavy (non-hydrogen) atoms. The van der Waals surface area contributed by atoms with Gasteiger partial charge in [-0.15, -0.1) is 0 Å². The second-order valence-corrected chi connectivity index (χ2v) is 4.89. The maximum atomic E-state index is 13.0. The first-order valence-corrected chi connectivity index (χ1v) is 6.85. The van der Waals surface area contributed by atoms with Gasteiger partial charge < -0.3 is 10.6 Å². The lowest BCUT2D eigenvalue weighted by Crippen LogP contribution is -2.14. The Hall–Kier alpha value is -1.95. The number of benzene rings is 1. The van der Waals surface area contributed by atoms with Gasteiger partial charge in [-0.2, -0.15) is 0 Å². The van der Waals surface area contributed by atoms with Crippen LogP contribution in [0.2, 0.25) is 0 Å². The van der Waals surface area contributed by atoms with Crippen LogP contribution in [0.25, 0.3) is 0 Å². The fourth-order valence-electron chi connectivity index (χ4n) is 1.65. The van der Waals surface area contributed by atoms with Gasteiger partial charge in [0.1, 0.15) is 11.5 Å². The monoisotopic (exact) mass is 337 g/mol. The molecule has 0 aliphatic rings. The first kappa shape index (κ1) is 14.5. The zero-order valence-corrected chi connectivity index (χ0v) is 12.4. The summed E-state index contributed by atoms with van der Waals surface area (Å²) < 4.78 is 13.5. The number of amides is 1. The lowest BCUT2D eigenvalue weighted by Gasteiger charge is -2.08. The van der Waals surface area contributed by atoms with Gasteiger partial charge in [-0.05, 0) is 53.2 Å². The lowest BCUT2D eigenvalue weighted by atomic mass is 10.2. The summed E-state index contributed by atoms with van der Waals surface area (Å²) in [5.41, 5.74) is 1.61. The second kappa shape index (κ2) is 6.47. The molecule has 0 fully saturated rings. The van der Waals surface area contributed by atoms with Crippen molar-refractivity contribution >= 4 is 33.2 Å². The minimum Gasteiger partial charge on any atom is -0.385 e. The van der Waals surface area contributed by atoms with E-state index in [0.717, 1.165) is 12.2 Å². The summed E-state index contributed by atoms with van der Waals surface area (Å²) in [4.78, 5) is 16.1. The fourth-order valence-corrected chi connectivity index (χ4v) is 2.10. The van der Waals surface area contributed by atoms with E-state index in [1.54, 1.807) is 18.3 Å². The van der Waals surface area contributed by atoms with Crippen LogP contribution in [0.5, 0.6) is 0 Å². The molecule has 0 bridgehead atoms. The molecule has 4 nitrogen and oxygen atoms in total. The highest BCUT2D eigenvalue weighted by Gasteiger charge is 2.10. The number of hydrogen-bond acceptors (Lipinski definition) is 3. The minimum atomic E-state index is -0.373. The van der Waals surface area contributed by atoms with Crippen molar-refractivity contribution in [3.05, 3.63) is 52.5 Å². The zero-order chi connectivity index (χ0) is 14.5. The maximum absolute atomic E-state index is 13.0. The number of nitrogens with one attached hydrogen (secondary N) is 2. The molecule has 1 heterocycles. The Labute approximate surface area is 124 Å². The second-order valence-electron chi connectivity index (χ2n) is 4.04. The molecular formula is C14H13BrFN3O. The summed E-state index contributed by atoms with van der Waals surface area (Å²) >= 11 is 3.20. The SMILES string of the molecule is CCNc1ccnc(C(=O)Nc2ccc(F)cc2Br)c1. The van der Waals surface area contributed by atoms with Crippen LogP contribution in [-0.4, -0.2) is 17.4 Å². The van der Waals surface area contributed by atoms with Crippen molar-refractivity contribution < 1.29 is 9.18 Å². The van der Waals surface area contributed by atoms with Crippen molar-refractivity contribution in [2.24, 2.45) is 0 Å². The van der Waals surface area contributed by atoms with E-state index in [-0.39, 0.29) is 11.7 Å². The van der Waals surface area contributed by atoms with E-state index in [4.69, 9.17) is 0 Å². The van der Waals surface area contributed by atoms with E-state index >= 15 is 0 Å². The van der Waals surface area contributed by atoms with Crippen molar-refractivity contribution in [3.8, 4) is 0 Å². The minimum absolute atomic E-state index is 0.291. The van der Waals surface area contributed by atoms with Gasteiger partial charge in [-0.25, -0.2) is 4.39 Å². The zero-order valence-electron chi connectivity index (χ0n) is 10.8. The molecule has 0 atom stereocenters. The van der Waals surface area contributed by atoms with Crippen LogP contribution in [0.1, 0.15) is 17.4 Å². The fraction of sp³-hybridized carbons (Fsp3) is 0.143. The average Bonchev–Trinajstić information content (AvgIpc) is 2.42. The number of aromatic nitrogens is 1. The Balaban J connectivity index is 2.17. The number of nitrogens with zero attached hydrogens (tertiary/aromatic N) is 1. The van der Waals surface area contributed by atoms with Gasteiger partial charge >= 0.3 is 0 Å². The first-order chi connectivity index (χ1) is 9.60. The Morgan fingerprint density at radius 2 is 2.15 bits per heavy atom. The highest BCUT2D eigenvalue weighted by molar-refractivity contribution is 9.10. The quantitative estimate of drug-likeness (QED) is 0.894. The summed E-state index contributed by atoms with van der Waals surface area (Å²) in [5.74, 6) is -0.723. The molecule has 0 aliphatic heterocycles. The molecule has 0 spiro atoms. The number of halogens is 2. The lowest BCUT2D eigenvalue weighted by molar-refractivity contribution is 0.102. The first-order valence-electron chi connectivity index (χ1n) is 6.06. The van der Waals surface area contributed by atoms with E-state index < -0.39 is 0 Å². The summed E-state index contributed by atoms with van der Waals surface area (Å²) in [6.45, 7) is 2.73. The van der Waals surface area contributed by atoms with Gasteiger partial charge in [0.25, 0.3) is 5.91 Å². The molecule has 2 rings (SSSR count). The molecule has 0 aliphatic carbocycles. The van der Waals surface area contributed by atoms with E-state index in [1.807, 2.05) is 6.92 Å². The predicted molar refractivity (Wildman–Crippen MR) is 80.5 cm³/mol. The molecule has 1 aromatic carbocycles. The number of hydrogen-bond donors (Lipinski definition) is 2. The van der Waals surface area contributed by atoms with Crippen LogP contribution in [0, 0.1) is 5.82 Å². The van der Waals surface area contributed by atoms with Crippen molar-refractivity contribution in [3.63, 3.8) is 0 Å². The van der Waals surface area contributed by atoms with Crippen molar-refractivity contribution in [1.82, 2.24) is 4.98 Å². The van der Waals surface area contributed by atoms with Crippen LogP contribution in [0.4, 0.5) is 15.8 Å². The van der Waals surface area contributed by atoms with Crippen LogP contribution in [0.15, 0.2) is 41.0 Å². The third kappa shape index (κ3) is 3.54. The maximum Gasteiger partial charge on any atom is 0.274 e. The average molecular weight is 338 g/mol. The highest BCUT2D eigenvalue weighted by Crippen LogP contribution is 2.23. The number of rotatable bonds is 4. The molecule has 2 aromatic rings. The molecular weight excluding hydrogens is 325 g/mol. The number of anilines is 2. The molecule has 0 radical (unpaired) electrons. The van der Waals surface area contributed by atoms with Gasteiger partial charge in [0.2, 0.25) is 0 Å². The standard InChI is InChI=1S/C14H13BrFN3O/c1-2-17-10-5-6-18-13(8-10)14(20)19-12-4-3-9(16)7-11(12)15/h3-8H,2H2,1H3,(H,17,18)(H,19,20). The normalized spacial score (nSPS) is 10.2. The van der Waals surface area contributed by atoms with E-state index in [2.05, 4.69) is 31.5 Å². The van der Waals surface area contributed by atoms with Crippen LogP contribution >= 0.6 is 15.9 Å². The molecule has 1 aromatic heterocycles. The van der Waals surface area contributed by atoms with Crippen molar-refractivity contribution in [1.29, 1.82) is 0 Å². The molecule has 0 saturated heterocycles. The largest absolute Gasteiger partial charge is 0.385 e. The van der Waals surface area contributed by atoms with Crippen molar-refractivity contribution in [2.75, 3.05) is 17.2 Å². The molecule has 0 unspecified atom stereocenters. The third-order valence-corrected chi connectivity index (χ3v) is 3.21. The Kier molecular flexibility index (Phi) is 4.68. The van der Waals surface area contributed by atoms with Crippen LogP contribution in [-0.2, 0) is 0 Å². The third-order valence-electron chi connectivity index (χ3n) is 2.55. The van der Waals surface area contributed by atoms with Crippen LogP contribution in [0.3, 0.4) is 0 Å². The number of carbonyl (C=O) groups excluding carboxylic acids is 1. The Morgan fingerprint density at radius 3 is 2.85 bits per heavy atom. The molecule has 1 amide bonds. The summed E-state index contributed by atoms with van der Waals surface area (Å²) in [6, 6.07) is 7.51. The summed E-state index contributed by atoms with van der Waals surface area (Å²) in [5, 5.41) is 5.79. The van der Waals surface area contributed by atoms with E-state index in [1.165, 1.54) is 18.2 Å². The molecule has 104 valence electrons. The smallest absolute Gasteiger partial charge is 0.274 e. The number of pyridine rings is 1. The molecule has 0 saturated carbocycles. The van der Waals surface area contributed by atoms with Gasteiger partial charge in [-0.1, -0.05) is 0 Å². The predicted octanol–water partition coefficient (Wildman–Crippen LogP) is 3.67. The van der Waals surface area contributed by atoms with E-state index in [9.17, 15) is 9.18 Å². The Bertz CT molecular complexity index is 634. The van der Waals surface area contributed by atoms with Gasteiger partial charge in [-0.3, -0.25) is 9.78 Å². The van der Waals surface area contributed by atoms with Crippen LogP contribution < -0.4 is 10.6 Å².